The molecule has 0 aliphatic heterocycles. The number of hydrogen-bond acceptors (Lipinski definition) is 6. The van der Waals surface area contributed by atoms with E-state index in [1.807, 2.05) is 0 Å². The molecular formula is C6H11NO5. The third kappa shape index (κ3) is 4.76. The Kier molecular flexibility index (Phi) is 9.17. The molecule has 0 radical (unpaired) electrons. The number of nitrogens with zero attached hydrogens (tertiary/aromatic N) is 1. The van der Waals surface area contributed by atoms with Crippen LogP contribution in [0.15, 0.2) is 0 Å². The Labute approximate surface area is 69.3 Å². The second-order valence-electron chi connectivity index (χ2n) is 1.87. The Morgan fingerprint density at radius 3 is 2.00 bits per heavy atom. The Morgan fingerprint density at radius 2 is 1.75 bits per heavy atom. The smallest absolute Gasteiger partial charge is 0.151 e. The molecule has 0 fully saturated rings. The number of aliphatic hydroxyl groups excluding tert-OH is 4. The molecule has 0 heterocycles. The molecule has 0 unspecified atom stereocenters. The Balaban J connectivity index is 0. The molecule has 0 aliphatic rings. The molecule has 0 bridgehead atoms. The summed E-state index contributed by atoms with van der Waals surface area (Å²) in [4.78, 5) is 9.76. The molecule has 0 aliphatic carbocycles. The van der Waals surface area contributed by atoms with Crippen molar-refractivity contribution in [1.82, 2.24) is 0 Å². The van der Waals surface area contributed by atoms with Crippen molar-refractivity contribution in [3.05, 3.63) is 0 Å². The standard InChI is InChI=1S/C5H10O5.CHN/c6-1-3(8)5(10)4(9)2-7;1-2/h1,3-5,7-10H,2H2;1H/t3-,4-,5+;/m1./s1. The highest BCUT2D eigenvalue weighted by atomic mass is 16.4. The average Bonchev–Trinajstić information content (AvgIpc) is 2.17. The lowest BCUT2D eigenvalue weighted by Crippen LogP contribution is -2.40. The zero-order valence-corrected chi connectivity index (χ0v) is 6.24. The minimum absolute atomic E-state index is 0.0869. The van der Waals surface area contributed by atoms with Crippen LogP contribution < -0.4 is 0 Å². The molecule has 0 spiro atoms. The highest BCUT2D eigenvalue weighted by Gasteiger charge is 2.22. The summed E-state index contributed by atoms with van der Waals surface area (Å²) < 4.78 is 0. The Bertz CT molecular complexity index is 137. The molecule has 0 saturated heterocycles. The van der Waals surface area contributed by atoms with E-state index in [9.17, 15) is 4.79 Å². The maximum Gasteiger partial charge on any atom is 0.151 e. The molecule has 4 N–H and O–H groups in total. The highest BCUT2D eigenvalue weighted by molar-refractivity contribution is 5.56. The van der Waals surface area contributed by atoms with E-state index in [2.05, 4.69) is 6.57 Å². The monoisotopic (exact) mass is 177 g/mol. The van der Waals surface area contributed by atoms with Crippen molar-refractivity contribution in [2.45, 2.75) is 18.3 Å². The fourth-order valence-corrected chi connectivity index (χ4v) is 0.416. The van der Waals surface area contributed by atoms with Gasteiger partial charge in [0, 0.05) is 6.57 Å². The van der Waals surface area contributed by atoms with Crippen LogP contribution in [0.25, 0.3) is 0 Å². The predicted octanol–water partition coefficient (Wildman–Crippen LogP) is -2.60. The third-order valence-electron chi connectivity index (χ3n) is 1.07. The minimum Gasteiger partial charge on any atom is -0.394 e. The molecule has 0 amide bonds. The van der Waals surface area contributed by atoms with E-state index in [1.54, 1.807) is 0 Å². The topological polar surface area (TPSA) is 122 Å². The van der Waals surface area contributed by atoms with Crippen LogP contribution >= 0.6 is 0 Å². The molecule has 0 rings (SSSR count). The van der Waals surface area contributed by atoms with E-state index in [0.717, 1.165) is 0 Å². The molecule has 70 valence electrons. The van der Waals surface area contributed by atoms with Gasteiger partial charge in [-0.1, -0.05) is 0 Å². The van der Waals surface area contributed by atoms with Crippen LogP contribution in [-0.2, 0) is 4.79 Å². The number of aliphatic hydroxyl groups is 4. The summed E-state index contributed by atoms with van der Waals surface area (Å²) in [7, 11) is 0. The van der Waals surface area contributed by atoms with Crippen LogP contribution in [0.2, 0.25) is 0 Å². The largest absolute Gasteiger partial charge is 0.394 e. The summed E-state index contributed by atoms with van der Waals surface area (Å²) in [5, 5.41) is 40.6. The van der Waals surface area contributed by atoms with Crippen molar-refractivity contribution in [3.63, 3.8) is 0 Å². The van der Waals surface area contributed by atoms with Crippen molar-refractivity contribution in [3.8, 4) is 6.57 Å². The summed E-state index contributed by atoms with van der Waals surface area (Å²) in [5.74, 6) is 0. The van der Waals surface area contributed by atoms with Gasteiger partial charge in [-0.05, 0) is 0 Å². The predicted molar refractivity (Wildman–Crippen MR) is 37.8 cm³/mol. The van der Waals surface area contributed by atoms with E-state index >= 15 is 0 Å². The van der Waals surface area contributed by atoms with Gasteiger partial charge in [-0.25, -0.2) is 5.26 Å². The number of nitriles is 1. The highest BCUT2D eigenvalue weighted by Crippen LogP contribution is 1.96. The van der Waals surface area contributed by atoms with E-state index in [4.69, 9.17) is 25.7 Å². The molecule has 0 aromatic heterocycles. The lowest BCUT2D eigenvalue weighted by atomic mass is 10.1. The SMILES string of the molecule is C#N.O=C[C@@H](O)[C@H](O)[C@H](O)CO. The van der Waals surface area contributed by atoms with Crippen LogP contribution in [0, 0.1) is 11.8 Å². The van der Waals surface area contributed by atoms with Gasteiger partial charge in [0.05, 0.1) is 6.61 Å². The van der Waals surface area contributed by atoms with Gasteiger partial charge in [0.1, 0.15) is 18.3 Å². The first-order valence-corrected chi connectivity index (χ1v) is 2.99. The van der Waals surface area contributed by atoms with Gasteiger partial charge in [0.2, 0.25) is 0 Å². The maximum absolute atomic E-state index is 9.76. The summed E-state index contributed by atoms with van der Waals surface area (Å²) in [6.45, 7) is 2.81. The minimum atomic E-state index is -1.64. The van der Waals surface area contributed by atoms with Gasteiger partial charge in [0.15, 0.2) is 6.29 Å². The lowest BCUT2D eigenvalue weighted by Gasteiger charge is -2.16. The molecular weight excluding hydrogens is 166 g/mol. The van der Waals surface area contributed by atoms with Crippen molar-refractivity contribution >= 4 is 6.29 Å². The molecule has 6 nitrogen and oxygen atoms in total. The van der Waals surface area contributed by atoms with Gasteiger partial charge in [-0.2, -0.15) is 0 Å². The first-order chi connectivity index (χ1) is 5.63. The van der Waals surface area contributed by atoms with E-state index in [-0.39, 0.29) is 6.29 Å². The average molecular weight is 177 g/mol. The van der Waals surface area contributed by atoms with Crippen LogP contribution in [-0.4, -0.2) is 51.6 Å². The van der Waals surface area contributed by atoms with Crippen molar-refractivity contribution in [2.24, 2.45) is 0 Å². The number of hydrogen-bond donors (Lipinski definition) is 4. The van der Waals surface area contributed by atoms with Crippen LogP contribution in [0.3, 0.4) is 0 Å². The van der Waals surface area contributed by atoms with E-state index in [1.165, 1.54) is 0 Å². The molecule has 3 atom stereocenters. The Hall–Kier alpha value is -1.00. The van der Waals surface area contributed by atoms with Crippen molar-refractivity contribution in [2.75, 3.05) is 6.61 Å². The molecule has 0 saturated carbocycles. The van der Waals surface area contributed by atoms with Gasteiger partial charge >= 0.3 is 0 Å². The fraction of sp³-hybridized carbons (Fsp3) is 0.667. The summed E-state index contributed by atoms with van der Waals surface area (Å²) >= 11 is 0. The van der Waals surface area contributed by atoms with E-state index < -0.39 is 24.9 Å². The lowest BCUT2D eigenvalue weighted by molar-refractivity contribution is -0.127. The zero-order valence-electron chi connectivity index (χ0n) is 6.24. The number of carbonyl (C=O) groups excluding carboxylic acids is 1. The molecule has 0 aromatic rings. The first kappa shape index (κ1) is 13.6. The van der Waals surface area contributed by atoms with Crippen molar-refractivity contribution in [1.29, 1.82) is 5.26 Å². The second kappa shape index (κ2) is 8.10. The maximum atomic E-state index is 9.76. The Morgan fingerprint density at radius 1 is 1.33 bits per heavy atom. The van der Waals surface area contributed by atoms with Gasteiger partial charge in [0.25, 0.3) is 0 Å². The summed E-state index contributed by atoms with van der Waals surface area (Å²) in [5.41, 5.74) is 0. The summed E-state index contributed by atoms with van der Waals surface area (Å²) in [6.07, 6.45) is -4.63. The molecule has 12 heavy (non-hydrogen) atoms. The summed E-state index contributed by atoms with van der Waals surface area (Å²) in [6, 6.07) is 0. The molecule has 0 aromatic carbocycles. The quantitative estimate of drug-likeness (QED) is 0.349. The first-order valence-electron chi connectivity index (χ1n) is 2.99. The van der Waals surface area contributed by atoms with Crippen LogP contribution in [0.4, 0.5) is 0 Å². The van der Waals surface area contributed by atoms with Crippen molar-refractivity contribution < 1.29 is 25.2 Å². The molecule has 6 heteroatoms. The number of rotatable bonds is 4. The van der Waals surface area contributed by atoms with E-state index in [0.29, 0.717) is 0 Å². The van der Waals surface area contributed by atoms with Crippen LogP contribution in [0.1, 0.15) is 0 Å². The second-order valence-corrected chi connectivity index (χ2v) is 1.87. The van der Waals surface area contributed by atoms with Gasteiger partial charge < -0.3 is 25.2 Å². The van der Waals surface area contributed by atoms with Gasteiger partial charge in [-0.3, -0.25) is 0 Å². The number of carbonyl (C=O) groups is 1. The fourth-order valence-electron chi connectivity index (χ4n) is 0.416. The number of aldehydes is 1. The third-order valence-corrected chi connectivity index (χ3v) is 1.07. The van der Waals surface area contributed by atoms with Crippen LogP contribution in [0.5, 0.6) is 0 Å². The zero-order chi connectivity index (χ0) is 10.1. The normalized spacial score (nSPS) is 16.5. The van der Waals surface area contributed by atoms with Gasteiger partial charge in [-0.15, -0.1) is 0 Å².